The summed E-state index contributed by atoms with van der Waals surface area (Å²) in [6.07, 6.45) is 5.34. The van der Waals surface area contributed by atoms with Crippen LogP contribution in [0.2, 0.25) is 5.02 Å². The number of benzene rings is 1. The van der Waals surface area contributed by atoms with Crippen molar-refractivity contribution in [2.75, 3.05) is 25.2 Å². The highest BCUT2D eigenvalue weighted by molar-refractivity contribution is 6.31. The number of ether oxygens (including phenoxy) is 2. The van der Waals surface area contributed by atoms with Crippen LogP contribution in [0.1, 0.15) is 38.7 Å². The van der Waals surface area contributed by atoms with Gasteiger partial charge in [0.15, 0.2) is 5.60 Å². The third kappa shape index (κ3) is 4.12. The Morgan fingerprint density at radius 2 is 1.94 bits per heavy atom. The summed E-state index contributed by atoms with van der Waals surface area (Å²) in [6, 6.07) is 4.85. The van der Waals surface area contributed by atoms with Crippen LogP contribution in [0.25, 0.3) is 0 Å². The van der Waals surface area contributed by atoms with Crippen LogP contribution in [-0.4, -0.2) is 43.2 Å². The highest BCUT2D eigenvalue weighted by Crippen LogP contribution is 2.44. The average Bonchev–Trinajstić information content (AvgIpc) is 2.94. The first-order valence-electron chi connectivity index (χ1n) is 10.2. The van der Waals surface area contributed by atoms with E-state index in [1.54, 1.807) is 45.2 Å². The number of halogens is 1. The molecule has 0 fully saturated rings. The van der Waals surface area contributed by atoms with Crippen molar-refractivity contribution in [2.24, 2.45) is 5.41 Å². The first kappa shape index (κ1) is 23.0. The molecule has 1 aliphatic carbocycles. The quantitative estimate of drug-likeness (QED) is 0.531. The Balaban J connectivity index is 1.98. The molecule has 2 aliphatic rings. The van der Waals surface area contributed by atoms with Crippen LogP contribution in [0.3, 0.4) is 0 Å². The van der Waals surface area contributed by atoms with Crippen LogP contribution in [-0.2, 0) is 29.5 Å². The molecule has 1 aromatic rings. The molecule has 1 amide bonds. The summed E-state index contributed by atoms with van der Waals surface area (Å²) in [6.45, 7) is 3.89. The predicted molar refractivity (Wildman–Crippen MR) is 116 cm³/mol. The van der Waals surface area contributed by atoms with Gasteiger partial charge in [-0.3, -0.25) is 9.59 Å². The largest absolute Gasteiger partial charge is 0.465 e. The molecule has 0 spiro atoms. The molecule has 0 saturated carbocycles. The molecular weight excluding hydrogens is 422 g/mol. The Kier molecular flexibility index (Phi) is 6.57. The van der Waals surface area contributed by atoms with Gasteiger partial charge in [0.25, 0.3) is 5.91 Å². The number of nitrogens with zero attached hydrogens (tertiary/aromatic N) is 1. The molecule has 1 aromatic carbocycles. The standard InChI is InChI=1S/C23H26ClNO6/c1-4-30-19(26)15-8-10-22(11-9-15,21(28)31-5-2)12-13-23(29)17-14-16(24)6-7-18(17)25(3)20(23)27/h6-8,12-14,29H,4-5,9-11H2,1-3H3/b13-12+. The van der Waals surface area contributed by atoms with E-state index in [1.807, 2.05) is 0 Å². The van der Waals surface area contributed by atoms with Crippen molar-refractivity contribution in [3.8, 4) is 0 Å². The van der Waals surface area contributed by atoms with Crippen molar-refractivity contribution in [3.05, 3.63) is 52.6 Å². The highest BCUT2D eigenvalue weighted by atomic mass is 35.5. The number of likely N-dealkylation sites (N-methyl/N-ethyl adjacent to an activating group) is 1. The second kappa shape index (κ2) is 8.85. The van der Waals surface area contributed by atoms with Gasteiger partial charge >= 0.3 is 11.9 Å². The molecule has 2 unspecified atom stereocenters. The van der Waals surface area contributed by atoms with Crippen molar-refractivity contribution >= 4 is 35.1 Å². The molecule has 1 N–H and O–H groups in total. The van der Waals surface area contributed by atoms with Gasteiger partial charge in [0.2, 0.25) is 0 Å². The second-order valence-corrected chi connectivity index (χ2v) is 8.09. The van der Waals surface area contributed by atoms with Crippen molar-refractivity contribution in [1.29, 1.82) is 0 Å². The number of hydrogen-bond acceptors (Lipinski definition) is 6. The van der Waals surface area contributed by atoms with Gasteiger partial charge < -0.3 is 19.5 Å². The zero-order valence-corrected chi connectivity index (χ0v) is 18.6. The number of aliphatic hydroxyl groups is 1. The lowest BCUT2D eigenvalue weighted by Crippen LogP contribution is -2.39. The maximum Gasteiger partial charge on any atom is 0.333 e. The van der Waals surface area contributed by atoms with E-state index in [9.17, 15) is 19.5 Å². The average molecular weight is 448 g/mol. The molecule has 2 atom stereocenters. The van der Waals surface area contributed by atoms with Gasteiger partial charge in [-0.15, -0.1) is 0 Å². The third-order valence-electron chi connectivity index (χ3n) is 5.78. The predicted octanol–water partition coefficient (Wildman–Crippen LogP) is 3.28. The van der Waals surface area contributed by atoms with Crippen LogP contribution >= 0.6 is 11.6 Å². The van der Waals surface area contributed by atoms with Gasteiger partial charge in [-0.1, -0.05) is 23.8 Å². The molecule has 166 valence electrons. The molecule has 0 bridgehead atoms. The van der Waals surface area contributed by atoms with Crippen LogP contribution in [0.15, 0.2) is 42.0 Å². The number of carbonyl (C=O) groups is 3. The summed E-state index contributed by atoms with van der Waals surface area (Å²) in [7, 11) is 1.57. The maximum absolute atomic E-state index is 12.9. The minimum Gasteiger partial charge on any atom is -0.465 e. The van der Waals surface area contributed by atoms with Gasteiger partial charge in [-0.2, -0.15) is 0 Å². The first-order valence-corrected chi connectivity index (χ1v) is 10.6. The van der Waals surface area contributed by atoms with Crippen LogP contribution in [0.4, 0.5) is 5.69 Å². The van der Waals surface area contributed by atoms with Crippen molar-refractivity contribution in [1.82, 2.24) is 0 Å². The van der Waals surface area contributed by atoms with E-state index >= 15 is 0 Å². The molecule has 0 radical (unpaired) electrons. The Labute approximate surface area is 186 Å². The summed E-state index contributed by atoms with van der Waals surface area (Å²) < 4.78 is 10.3. The second-order valence-electron chi connectivity index (χ2n) is 7.66. The van der Waals surface area contributed by atoms with Crippen LogP contribution in [0, 0.1) is 5.41 Å². The van der Waals surface area contributed by atoms with E-state index in [1.165, 1.54) is 17.1 Å². The van der Waals surface area contributed by atoms with Gasteiger partial charge in [-0.05, 0) is 57.4 Å². The van der Waals surface area contributed by atoms with Crippen molar-refractivity contribution in [3.63, 3.8) is 0 Å². The fourth-order valence-corrected chi connectivity index (χ4v) is 4.16. The number of anilines is 1. The van der Waals surface area contributed by atoms with Crippen LogP contribution in [0.5, 0.6) is 0 Å². The van der Waals surface area contributed by atoms with Crippen LogP contribution < -0.4 is 4.90 Å². The molecule has 7 nitrogen and oxygen atoms in total. The Bertz CT molecular complexity index is 971. The van der Waals surface area contributed by atoms with E-state index in [0.29, 0.717) is 28.3 Å². The zero-order chi connectivity index (χ0) is 22.8. The number of amides is 1. The summed E-state index contributed by atoms with van der Waals surface area (Å²) >= 11 is 6.09. The van der Waals surface area contributed by atoms with Gasteiger partial charge in [0.05, 0.1) is 24.3 Å². The minimum absolute atomic E-state index is 0.188. The molecule has 3 rings (SSSR count). The Morgan fingerprint density at radius 1 is 1.23 bits per heavy atom. The van der Waals surface area contributed by atoms with E-state index < -0.39 is 28.9 Å². The highest BCUT2D eigenvalue weighted by Gasteiger charge is 2.48. The van der Waals surface area contributed by atoms with Gasteiger partial charge in [0.1, 0.15) is 0 Å². The number of allylic oxidation sites excluding steroid dienone is 1. The SMILES string of the molecule is CCOC(=O)C1=CCC(/C=C/C2(O)C(=O)N(C)c3ccc(Cl)cc32)(C(=O)OCC)CC1. The first-order chi connectivity index (χ1) is 14.7. The molecule has 8 heteroatoms. The lowest BCUT2D eigenvalue weighted by Gasteiger charge is -2.32. The fraction of sp³-hybridized carbons (Fsp3) is 0.435. The van der Waals surface area contributed by atoms with E-state index in [0.717, 1.165) is 0 Å². The molecular formula is C23H26ClNO6. The number of fused-ring (bicyclic) bond motifs is 1. The Hall–Kier alpha value is -2.64. The molecule has 0 saturated heterocycles. The number of carbonyl (C=O) groups excluding carboxylic acids is 3. The Morgan fingerprint density at radius 3 is 2.55 bits per heavy atom. The third-order valence-corrected chi connectivity index (χ3v) is 6.01. The van der Waals surface area contributed by atoms with Crippen molar-refractivity contribution in [2.45, 2.75) is 38.7 Å². The lowest BCUT2D eigenvalue weighted by molar-refractivity contribution is -0.153. The molecule has 1 heterocycles. The number of hydrogen-bond donors (Lipinski definition) is 1. The summed E-state index contributed by atoms with van der Waals surface area (Å²) in [5.41, 5.74) is -1.68. The normalized spacial score (nSPS) is 25.4. The van der Waals surface area contributed by atoms with Gasteiger partial charge in [-0.25, -0.2) is 4.79 Å². The fourth-order valence-electron chi connectivity index (χ4n) is 3.98. The monoisotopic (exact) mass is 447 g/mol. The van der Waals surface area contributed by atoms with Gasteiger partial charge in [0, 0.05) is 23.2 Å². The van der Waals surface area contributed by atoms with Crippen molar-refractivity contribution < 1.29 is 29.0 Å². The minimum atomic E-state index is -1.96. The number of rotatable bonds is 6. The van der Waals surface area contributed by atoms with E-state index in [2.05, 4.69) is 0 Å². The molecule has 1 aliphatic heterocycles. The molecule has 31 heavy (non-hydrogen) atoms. The summed E-state index contributed by atoms with van der Waals surface area (Å²) in [5.74, 6) is -1.42. The smallest absolute Gasteiger partial charge is 0.333 e. The maximum atomic E-state index is 12.9. The lowest BCUT2D eigenvalue weighted by atomic mass is 9.73. The number of esters is 2. The van der Waals surface area contributed by atoms with E-state index in [4.69, 9.17) is 21.1 Å². The summed E-state index contributed by atoms with van der Waals surface area (Å²) in [5, 5.41) is 11.7. The van der Waals surface area contributed by atoms with E-state index in [-0.39, 0.29) is 26.1 Å². The summed E-state index contributed by atoms with van der Waals surface area (Å²) in [4.78, 5) is 39.1. The zero-order valence-electron chi connectivity index (χ0n) is 17.8. The molecule has 0 aromatic heterocycles. The topological polar surface area (TPSA) is 93.1 Å².